The number of carbonyl (C=O) groups excluding carboxylic acids is 2. The summed E-state index contributed by atoms with van der Waals surface area (Å²) in [5.41, 5.74) is 0.592. The molecule has 0 aromatic heterocycles. The lowest BCUT2D eigenvalue weighted by Gasteiger charge is -2.42. The molecule has 1 saturated carbocycles. The molecule has 2 amide bonds. The second-order valence-corrected chi connectivity index (χ2v) is 12.5. The van der Waals surface area contributed by atoms with Gasteiger partial charge in [0, 0.05) is 19.7 Å². The van der Waals surface area contributed by atoms with E-state index in [0.29, 0.717) is 25.6 Å². The Labute approximate surface area is 228 Å². The zero-order valence-corrected chi connectivity index (χ0v) is 24.4. The molecule has 3 saturated heterocycles. The molecule has 9 heteroatoms. The molecule has 8 atom stereocenters. The quantitative estimate of drug-likeness (QED) is 0.309. The molecule has 0 aromatic rings. The summed E-state index contributed by atoms with van der Waals surface area (Å²) in [5.74, 6) is -0.291. The van der Waals surface area contributed by atoms with E-state index in [9.17, 15) is 9.59 Å². The molecular formula is C29H49N3O6. The summed E-state index contributed by atoms with van der Waals surface area (Å²) < 4.78 is 24.2. The van der Waals surface area contributed by atoms with E-state index in [1.807, 2.05) is 13.8 Å². The molecule has 3 aliphatic heterocycles. The fourth-order valence-electron chi connectivity index (χ4n) is 6.72. The molecule has 0 aromatic carbocycles. The molecule has 4 fully saturated rings. The third-order valence-electron chi connectivity index (χ3n) is 9.17. The van der Waals surface area contributed by atoms with Crippen LogP contribution in [0.5, 0.6) is 0 Å². The summed E-state index contributed by atoms with van der Waals surface area (Å²) in [6.07, 6.45) is 6.46. The minimum absolute atomic E-state index is 0.0416. The van der Waals surface area contributed by atoms with Crippen LogP contribution in [0.4, 0.5) is 4.79 Å². The predicted octanol–water partition coefficient (Wildman–Crippen LogP) is 3.41. The highest BCUT2D eigenvalue weighted by Gasteiger charge is 2.72. The summed E-state index contributed by atoms with van der Waals surface area (Å²) in [6.45, 7) is 12.5. The van der Waals surface area contributed by atoms with Crippen LogP contribution in [0.15, 0.2) is 11.6 Å². The molecule has 0 bridgehead atoms. The maximum absolute atomic E-state index is 13.1. The summed E-state index contributed by atoms with van der Waals surface area (Å²) in [6, 6.07) is -0.159. The number of likely N-dealkylation sites (tertiary alicyclic amines) is 1. The Bertz CT molecular complexity index is 886. The second kappa shape index (κ2) is 11.8. The van der Waals surface area contributed by atoms with Crippen molar-refractivity contribution in [2.24, 2.45) is 11.8 Å². The highest BCUT2D eigenvalue weighted by Crippen LogP contribution is 2.59. The molecule has 2 N–H and O–H groups in total. The first-order valence-corrected chi connectivity index (χ1v) is 14.4. The molecule has 1 spiro atoms. The third-order valence-corrected chi connectivity index (χ3v) is 9.17. The zero-order valence-electron chi connectivity index (χ0n) is 24.4. The monoisotopic (exact) mass is 535 g/mol. The Balaban J connectivity index is 1.34. The van der Waals surface area contributed by atoms with Crippen molar-refractivity contribution in [1.82, 2.24) is 15.5 Å². The normalized spacial score (nSPS) is 37.1. The number of epoxide rings is 2. The fourth-order valence-corrected chi connectivity index (χ4v) is 6.72. The van der Waals surface area contributed by atoms with E-state index in [2.05, 4.69) is 49.4 Å². The van der Waals surface area contributed by atoms with Crippen LogP contribution in [0.3, 0.4) is 0 Å². The Hall–Kier alpha value is -1.68. The van der Waals surface area contributed by atoms with Crippen LogP contribution in [0.2, 0.25) is 0 Å². The Kier molecular flexibility index (Phi) is 9.12. The molecule has 38 heavy (non-hydrogen) atoms. The number of nitrogens with one attached hydrogen (secondary N) is 2. The van der Waals surface area contributed by atoms with E-state index >= 15 is 0 Å². The van der Waals surface area contributed by atoms with Crippen molar-refractivity contribution in [2.45, 2.75) is 115 Å². The van der Waals surface area contributed by atoms with Crippen LogP contribution in [0.25, 0.3) is 0 Å². The molecule has 216 valence electrons. The van der Waals surface area contributed by atoms with Crippen molar-refractivity contribution < 1.29 is 28.5 Å². The van der Waals surface area contributed by atoms with Gasteiger partial charge in [-0.25, -0.2) is 4.79 Å². The molecule has 0 radical (unpaired) electrons. The number of alkyl carbamates (subject to hydrolysis) is 1. The van der Waals surface area contributed by atoms with Gasteiger partial charge >= 0.3 is 6.09 Å². The maximum Gasteiger partial charge on any atom is 0.408 e. The van der Waals surface area contributed by atoms with Gasteiger partial charge in [-0.2, -0.15) is 0 Å². The smallest absolute Gasteiger partial charge is 0.408 e. The Morgan fingerprint density at radius 2 is 1.97 bits per heavy atom. The summed E-state index contributed by atoms with van der Waals surface area (Å²) in [7, 11) is 3.80. The highest BCUT2D eigenvalue weighted by molar-refractivity contribution is 5.85. The average molecular weight is 536 g/mol. The number of rotatable bonds is 11. The topological polar surface area (TPSA) is 105 Å². The van der Waals surface area contributed by atoms with Gasteiger partial charge in [0.1, 0.15) is 29.5 Å². The fraction of sp³-hybridized carbons (Fsp3) is 0.862. The van der Waals surface area contributed by atoms with Crippen LogP contribution < -0.4 is 10.6 Å². The van der Waals surface area contributed by atoms with E-state index in [-0.39, 0.29) is 35.6 Å². The first-order chi connectivity index (χ1) is 18.0. The van der Waals surface area contributed by atoms with Gasteiger partial charge in [-0.05, 0) is 78.8 Å². The van der Waals surface area contributed by atoms with Crippen LogP contribution in [0, 0.1) is 11.8 Å². The van der Waals surface area contributed by atoms with E-state index < -0.39 is 23.8 Å². The predicted molar refractivity (Wildman–Crippen MR) is 145 cm³/mol. The van der Waals surface area contributed by atoms with Gasteiger partial charge in [0.25, 0.3) is 0 Å². The van der Waals surface area contributed by atoms with Crippen molar-refractivity contribution in [3.05, 3.63) is 11.6 Å². The van der Waals surface area contributed by atoms with Crippen LogP contribution >= 0.6 is 0 Å². The lowest BCUT2D eigenvalue weighted by atomic mass is 9.68. The SMILES string of the molecule is CO[C@@H]1[C@H](OC(=O)N[C@@H](C(=O)NCCC2CCCN2C)C(C)C)CC[C@]2(CO2)[C@H]1[C@@]1(C)O[C@@H]1CC=C(C)C. The van der Waals surface area contributed by atoms with Crippen molar-refractivity contribution >= 4 is 12.0 Å². The van der Waals surface area contributed by atoms with E-state index in [4.69, 9.17) is 18.9 Å². The van der Waals surface area contributed by atoms with Gasteiger partial charge in [0.2, 0.25) is 5.91 Å². The molecule has 4 rings (SSSR count). The molecular weight excluding hydrogens is 486 g/mol. The van der Waals surface area contributed by atoms with Crippen molar-refractivity contribution in [2.75, 3.05) is 33.9 Å². The van der Waals surface area contributed by atoms with Gasteiger partial charge in [-0.3, -0.25) is 4.79 Å². The summed E-state index contributed by atoms with van der Waals surface area (Å²) in [4.78, 5) is 28.4. The number of methoxy groups -OCH3 is 1. The van der Waals surface area contributed by atoms with Crippen LogP contribution in [0.1, 0.15) is 73.1 Å². The molecule has 3 heterocycles. The van der Waals surface area contributed by atoms with Crippen molar-refractivity contribution in [3.8, 4) is 0 Å². The standard InChI is InChI=1S/C29H49N3O6/c1-18(2)10-11-22-28(5,38-22)25-24(35-7)21(12-14-29(25)17-36-29)37-27(34)31-23(19(3)4)26(33)30-15-13-20-9-8-16-32(20)6/h10,19-25H,8-9,11-17H2,1-7H3,(H,30,33)(H,31,34)/t20?,21-,22-,23-,24-,25-,28+,29+/m1/s1. The molecule has 9 nitrogen and oxygen atoms in total. The second-order valence-electron chi connectivity index (χ2n) is 12.5. The number of allylic oxidation sites excluding steroid dienone is 1. The minimum Gasteiger partial charge on any atom is -0.443 e. The average Bonchev–Trinajstić information content (AvgIpc) is 3.73. The molecule has 1 aliphatic carbocycles. The van der Waals surface area contributed by atoms with Crippen molar-refractivity contribution in [1.29, 1.82) is 0 Å². The number of hydrogen-bond acceptors (Lipinski definition) is 7. The Morgan fingerprint density at radius 1 is 1.24 bits per heavy atom. The minimum atomic E-state index is -0.667. The van der Waals surface area contributed by atoms with Gasteiger partial charge in [0.15, 0.2) is 0 Å². The first kappa shape index (κ1) is 29.3. The maximum atomic E-state index is 13.1. The number of ether oxygens (including phenoxy) is 4. The van der Waals surface area contributed by atoms with Gasteiger partial charge in [0.05, 0.1) is 18.6 Å². The van der Waals surface area contributed by atoms with Gasteiger partial charge < -0.3 is 34.5 Å². The van der Waals surface area contributed by atoms with Crippen molar-refractivity contribution in [3.63, 3.8) is 0 Å². The van der Waals surface area contributed by atoms with Crippen LogP contribution in [-0.4, -0.2) is 92.4 Å². The largest absolute Gasteiger partial charge is 0.443 e. The number of hydrogen-bond donors (Lipinski definition) is 2. The number of nitrogens with zero attached hydrogens (tertiary/aromatic N) is 1. The van der Waals surface area contributed by atoms with Crippen LogP contribution in [-0.2, 0) is 23.7 Å². The Morgan fingerprint density at radius 3 is 2.55 bits per heavy atom. The first-order valence-electron chi connectivity index (χ1n) is 14.4. The van der Waals surface area contributed by atoms with E-state index in [1.54, 1.807) is 7.11 Å². The molecule has 4 aliphatic rings. The van der Waals surface area contributed by atoms with Gasteiger partial charge in [-0.1, -0.05) is 25.5 Å². The molecule has 1 unspecified atom stereocenters. The number of amides is 2. The zero-order chi connectivity index (χ0) is 27.7. The van der Waals surface area contributed by atoms with E-state index in [0.717, 1.165) is 25.8 Å². The summed E-state index contributed by atoms with van der Waals surface area (Å²) in [5, 5.41) is 5.85. The highest BCUT2D eigenvalue weighted by atomic mass is 16.6. The summed E-state index contributed by atoms with van der Waals surface area (Å²) >= 11 is 0. The van der Waals surface area contributed by atoms with Gasteiger partial charge in [-0.15, -0.1) is 0 Å². The van der Waals surface area contributed by atoms with E-state index in [1.165, 1.54) is 18.4 Å². The lowest BCUT2D eigenvalue weighted by Crippen LogP contribution is -2.57. The lowest BCUT2D eigenvalue weighted by molar-refractivity contribution is -0.125. The third kappa shape index (κ3) is 6.37. The number of carbonyl (C=O) groups is 2.